The first-order valence-electron chi connectivity index (χ1n) is 7.03. The second-order valence-electron chi connectivity index (χ2n) is 5.11. The number of hydrogen-bond donors (Lipinski definition) is 1. The van der Waals surface area contributed by atoms with E-state index < -0.39 is 0 Å². The minimum Gasteiger partial charge on any atom is -0.390 e. The quantitative estimate of drug-likeness (QED) is 0.805. The van der Waals surface area contributed by atoms with Crippen molar-refractivity contribution < 1.29 is 9.50 Å². The Bertz CT molecular complexity index is 798. The van der Waals surface area contributed by atoms with Gasteiger partial charge in [-0.1, -0.05) is 41.6 Å². The normalized spacial score (nSPS) is 10.9. The molecule has 0 bridgehead atoms. The monoisotopic (exact) mass is 297 g/mol. The molecule has 22 heavy (non-hydrogen) atoms. The zero-order chi connectivity index (χ0) is 15.5. The minimum absolute atomic E-state index is 0.280. The van der Waals surface area contributed by atoms with Crippen molar-refractivity contribution in [3.05, 3.63) is 71.2 Å². The zero-order valence-electron chi connectivity index (χ0n) is 12.2. The molecule has 1 N–H and O–H groups in total. The van der Waals surface area contributed by atoms with Gasteiger partial charge < -0.3 is 5.11 Å². The number of aliphatic hydroxyl groups excluding tert-OH is 1. The maximum atomic E-state index is 14.1. The predicted molar refractivity (Wildman–Crippen MR) is 81.6 cm³/mol. The molecular formula is C17H16FN3O. The van der Waals surface area contributed by atoms with Gasteiger partial charge in [-0.15, -0.1) is 5.10 Å². The van der Waals surface area contributed by atoms with E-state index in [1.165, 1.54) is 6.07 Å². The van der Waals surface area contributed by atoms with Crippen LogP contribution < -0.4 is 0 Å². The molecule has 3 aromatic rings. The molecule has 1 aromatic heterocycles. The second-order valence-corrected chi connectivity index (χ2v) is 5.11. The van der Waals surface area contributed by atoms with Crippen molar-refractivity contribution in [1.29, 1.82) is 0 Å². The molecule has 0 atom stereocenters. The number of rotatable bonds is 4. The number of hydrogen-bond acceptors (Lipinski definition) is 3. The van der Waals surface area contributed by atoms with Gasteiger partial charge in [-0.3, -0.25) is 0 Å². The third-order valence-electron chi connectivity index (χ3n) is 3.66. The average molecular weight is 297 g/mol. The number of aromatic nitrogens is 3. The molecule has 0 amide bonds. The first-order chi connectivity index (χ1) is 10.7. The smallest absolute Gasteiger partial charge is 0.132 e. The Balaban J connectivity index is 2.09. The minimum atomic E-state index is -0.356. The van der Waals surface area contributed by atoms with Gasteiger partial charge >= 0.3 is 0 Å². The number of aliphatic hydroxyl groups is 1. The van der Waals surface area contributed by atoms with Crippen molar-refractivity contribution in [2.24, 2.45) is 0 Å². The van der Waals surface area contributed by atoms with Crippen molar-refractivity contribution >= 4 is 0 Å². The van der Waals surface area contributed by atoms with E-state index in [9.17, 15) is 9.50 Å². The van der Waals surface area contributed by atoms with Crippen LogP contribution in [0.15, 0.2) is 48.5 Å². The summed E-state index contributed by atoms with van der Waals surface area (Å²) < 4.78 is 15.7. The standard InChI is InChI=1S/C17H16FN3O/c1-12-6-2-3-7-13(12)10-21-17(16(11-22)19-20-21)14-8-4-5-9-15(14)18/h2-9,22H,10-11H2,1H3. The highest BCUT2D eigenvalue weighted by Gasteiger charge is 2.17. The molecule has 0 saturated carbocycles. The molecule has 112 valence electrons. The number of halogens is 1. The molecule has 5 heteroatoms. The van der Waals surface area contributed by atoms with E-state index in [1.807, 2.05) is 31.2 Å². The highest BCUT2D eigenvalue weighted by molar-refractivity contribution is 5.62. The molecule has 0 aliphatic heterocycles. The van der Waals surface area contributed by atoms with Crippen LogP contribution in [0.5, 0.6) is 0 Å². The third kappa shape index (κ3) is 2.63. The molecule has 0 spiro atoms. The Morgan fingerprint density at radius 2 is 1.82 bits per heavy atom. The van der Waals surface area contributed by atoms with Crippen molar-refractivity contribution in [2.45, 2.75) is 20.1 Å². The van der Waals surface area contributed by atoms with Crippen LogP contribution in [0.25, 0.3) is 11.3 Å². The molecule has 0 unspecified atom stereocenters. The molecule has 4 nitrogen and oxygen atoms in total. The van der Waals surface area contributed by atoms with Crippen LogP contribution in [0.1, 0.15) is 16.8 Å². The summed E-state index contributed by atoms with van der Waals surface area (Å²) in [7, 11) is 0. The summed E-state index contributed by atoms with van der Waals surface area (Å²) in [4.78, 5) is 0. The van der Waals surface area contributed by atoms with Gasteiger partial charge in [0.05, 0.1) is 18.8 Å². The van der Waals surface area contributed by atoms with Gasteiger partial charge in [-0.05, 0) is 30.2 Å². The predicted octanol–water partition coefficient (Wildman–Crippen LogP) is 2.93. The van der Waals surface area contributed by atoms with Gasteiger partial charge in [-0.25, -0.2) is 9.07 Å². The summed E-state index contributed by atoms with van der Waals surface area (Å²) in [6, 6.07) is 14.4. The highest BCUT2D eigenvalue weighted by Crippen LogP contribution is 2.26. The number of benzene rings is 2. The van der Waals surface area contributed by atoms with Gasteiger partial charge in [0.15, 0.2) is 0 Å². The van der Waals surface area contributed by atoms with E-state index in [1.54, 1.807) is 22.9 Å². The van der Waals surface area contributed by atoms with Crippen LogP contribution in [-0.4, -0.2) is 20.1 Å². The Labute approximate surface area is 127 Å². The molecule has 3 rings (SSSR count). The fourth-order valence-electron chi connectivity index (χ4n) is 2.46. The third-order valence-corrected chi connectivity index (χ3v) is 3.66. The van der Waals surface area contributed by atoms with E-state index in [2.05, 4.69) is 10.3 Å². The maximum absolute atomic E-state index is 14.1. The Kier molecular flexibility index (Phi) is 3.98. The number of aryl methyl sites for hydroxylation is 1. The summed E-state index contributed by atoms with van der Waals surface area (Å²) in [5.41, 5.74) is 3.49. The average Bonchev–Trinajstić information content (AvgIpc) is 2.93. The topological polar surface area (TPSA) is 50.9 Å². The summed E-state index contributed by atoms with van der Waals surface area (Å²) in [5.74, 6) is -0.356. The maximum Gasteiger partial charge on any atom is 0.132 e. The lowest BCUT2D eigenvalue weighted by molar-refractivity contribution is 0.277. The molecule has 1 heterocycles. The van der Waals surface area contributed by atoms with Crippen LogP contribution in [0.2, 0.25) is 0 Å². The lowest BCUT2D eigenvalue weighted by atomic mass is 10.1. The van der Waals surface area contributed by atoms with Crippen LogP contribution in [-0.2, 0) is 13.2 Å². The molecule has 2 aromatic carbocycles. The highest BCUT2D eigenvalue weighted by atomic mass is 19.1. The zero-order valence-corrected chi connectivity index (χ0v) is 12.2. The first-order valence-corrected chi connectivity index (χ1v) is 7.03. The van der Waals surface area contributed by atoms with Crippen LogP contribution in [0.3, 0.4) is 0 Å². The summed E-state index contributed by atoms with van der Waals surface area (Å²) in [6.07, 6.45) is 0. The lowest BCUT2D eigenvalue weighted by Gasteiger charge is -2.10. The van der Waals surface area contributed by atoms with Gasteiger partial charge in [0, 0.05) is 5.56 Å². The van der Waals surface area contributed by atoms with Gasteiger partial charge in [0.1, 0.15) is 11.5 Å². The van der Waals surface area contributed by atoms with Gasteiger partial charge in [-0.2, -0.15) is 0 Å². The summed E-state index contributed by atoms with van der Waals surface area (Å²) >= 11 is 0. The molecule has 0 saturated heterocycles. The second kappa shape index (κ2) is 6.07. The molecular weight excluding hydrogens is 281 g/mol. The molecule has 0 fully saturated rings. The van der Waals surface area contributed by atoms with Gasteiger partial charge in [0.25, 0.3) is 0 Å². The van der Waals surface area contributed by atoms with E-state index >= 15 is 0 Å². The lowest BCUT2D eigenvalue weighted by Crippen LogP contribution is -2.06. The largest absolute Gasteiger partial charge is 0.390 e. The molecule has 0 radical (unpaired) electrons. The van der Waals surface area contributed by atoms with Crippen molar-refractivity contribution in [3.8, 4) is 11.3 Å². The van der Waals surface area contributed by atoms with Gasteiger partial charge in [0.2, 0.25) is 0 Å². The summed E-state index contributed by atoms with van der Waals surface area (Å²) in [5, 5.41) is 17.5. The van der Waals surface area contributed by atoms with Crippen LogP contribution in [0, 0.1) is 12.7 Å². The SMILES string of the molecule is Cc1ccccc1Cn1nnc(CO)c1-c1ccccc1F. The van der Waals surface area contributed by atoms with Crippen LogP contribution >= 0.6 is 0 Å². The first kappa shape index (κ1) is 14.4. The molecule has 0 aliphatic carbocycles. The fourth-order valence-corrected chi connectivity index (χ4v) is 2.46. The van der Waals surface area contributed by atoms with Crippen molar-refractivity contribution in [2.75, 3.05) is 0 Å². The van der Waals surface area contributed by atoms with E-state index in [0.29, 0.717) is 23.5 Å². The summed E-state index contributed by atoms with van der Waals surface area (Å²) in [6.45, 7) is 2.21. The molecule has 0 aliphatic rings. The Morgan fingerprint density at radius 3 is 2.55 bits per heavy atom. The van der Waals surface area contributed by atoms with E-state index in [4.69, 9.17) is 0 Å². The van der Waals surface area contributed by atoms with Crippen molar-refractivity contribution in [1.82, 2.24) is 15.0 Å². The van der Waals surface area contributed by atoms with E-state index in [0.717, 1.165) is 11.1 Å². The fraction of sp³-hybridized carbons (Fsp3) is 0.176. The van der Waals surface area contributed by atoms with Crippen molar-refractivity contribution in [3.63, 3.8) is 0 Å². The van der Waals surface area contributed by atoms with E-state index in [-0.39, 0.29) is 12.4 Å². The Hall–Kier alpha value is -2.53. The Morgan fingerprint density at radius 1 is 1.09 bits per heavy atom. The number of nitrogens with zero attached hydrogens (tertiary/aromatic N) is 3. The van der Waals surface area contributed by atoms with Crippen LogP contribution in [0.4, 0.5) is 4.39 Å².